The molecular weight excluding hydrogens is 278 g/mol. The Morgan fingerprint density at radius 3 is 2.73 bits per heavy atom. The van der Waals surface area contributed by atoms with E-state index >= 15 is 0 Å². The molecule has 0 N–H and O–H groups in total. The van der Waals surface area contributed by atoms with Gasteiger partial charge in [0.2, 0.25) is 0 Å². The summed E-state index contributed by atoms with van der Waals surface area (Å²) in [6.07, 6.45) is 4.09. The molecule has 0 aliphatic carbocycles. The van der Waals surface area contributed by atoms with E-state index in [4.69, 9.17) is 9.47 Å². The van der Waals surface area contributed by atoms with Crippen LogP contribution in [-0.2, 0) is 14.3 Å². The van der Waals surface area contributed by atoms with Crippen LogP contribution in [0, 0.1) is 11.8 Å². The Hall–Kier alpha value is -0.450. The normalized spacial score (nSPS) is 20.0. The van der Waals surface area contributed by atoms with E-state index in [9.17, 15) is 4.79 Å². The van der Waals surface area contributed by atoms with Gasteiger partial charge in [-0.1, -0.05) is 27.7 Å². The predicted octanol–water partition coefficient (Wildman–Crippen LogP) is 3.15. The first-order chi connectivity index (χ1) is 10.5. The Morgan fingerprint density at radius 1 is 1.27 bits per heavy atom. The molecule has 1 heterocycles. The third kappa shape index (κ3) is 8.86. The minimum Gasteiger partial charge on any atom is -0.380 e. The SMILES string of the molecule is CC(C)CCCOCCN1CCOC(CCC(=O)C(C)C)C1. The number of ketones is 1. The minimum absolute atomic E-state index is 0.138. The molecule has 0 aromatic heterocycles. The second-order valence-electron chi connectivity index (χ2n) is 7.10. The lowest BCUT2D eigenvalue weighted by Gasteiger charge is -2.32. The van der Waals surface area contributed by atoms with Crippen molar-refractivity contribution in [3.8, 4) is 0 Å². The number of carbonyl (C=O) groups excluding carboxylic acids is 1. The van der Waals surface area contributed by atoms with Gasteiger partial charge in [0.15, 0.2) is 0 Å². The molecule has 1 fully saturated rings. The van der Waals surface area contributed by atoms with Crippen molar-refractivity contribution in [2.24, 2.45) is 11.8 Å². The highest BCUT2D eigenvalue weighted by molar-refractivity contribution is 5.80. The van der Waals surface area contributed by atoms with Gasteiger partial charge in [0.1, 0.15) is 5.78 Å². The highest BCUT2D eigenvalue weighted by atomic mass is 16.5. The van der Waals surface area contributed by atoms with Gasteiger partial charge in [-0.05, 0) is 25.2 Å². The first-order valence-corrected chi connectivity index (χ1v) is 8.93. The lowest BCUT2D eigenvalue weighted by atomic mass is 10.0. The molecule has 1 atom stereocenters. The Morgan fingerprint density at radius 2 is 2.05 bits per heavy atom. The van der Waals surface area contributed by atoms with Crippen LogP contribution >= 0.6 is 0 Å². The van der Waals surface area contributed by atoms with Crippen LogP contribution in [0.15, 0.2) is 0 Å². The molecule has 4 heteroatoms. The lowest BCUT2D eigenvalue weighted by molar-refractivity contribution is -0.123. The van der Waals surface area contributed by atoms with Crippen molar-refractivity contribution in [1.82, 2.24) is 4.90 Å². The molecule has 1 unspecified atom stereocenters. The van der Waals surface area contributed by atoms with Gasteiger partial charge in [0.05, 0.1) is 19.3 Å². The zero-order valence-corrected chi connectivity index (χ0v) is 15.0. The lowest BCUT2D eigenvalue weighted by Crippen LogP contribution is -2.44. The van der Waals surface area contributed by atoms with Gasteiger partial charge in [-0.25, -0.2) is 0 Å². The van der Waals surface area contributed by atoms with Crippen LogP contribution in [0.3, 0.4) is 0 Å². The molecule has 0 aromatic rings. The molecule has 130 valence electrons. The Kier molecular flexibility index (Phi) is 9.92. The summed E-state index contributed by atoms with van der Waals surface area (Å²) in [4.78, 5) is 14.1. The molecule has 1 aliphatic rings. The van der Waals surface area contributed by atoms with Gasteiger partial charge in [-0.2, -0.15) is 0 Å². The smallest absolute Gasteiger partial charge is 0.135 e. The molecule has 0 bridgehead atoms. The number of rotatable bonds is 11. The number of morpholine rings is 1. The topological polar surface area (TPSA) is 38.8 Å². The van der Waals surface area contributed by atoms with Crippen LogP contribution < -0.4 is 0 Å². The van der Waals surface area contributed by atoms with Crippen LogP contribution in [0.1, 0.15) is 53.4 Å². The highest BCUT2D eigenvalue weighted by Crippen LogP contribution is 2.12. The summed E-state index contributed by atoms with van der Waals surface area (Å²) in [5.74, 6) is 1.24. The van der Waals surface area contributed by atoms with E-state index in [0.29, 0.717) is 12.2 Å². The van der Waals surface area contributed by atoms with E-state index in [1.807, 2.05) is 13.8 Å². The first kappa shape index (κ1) is 19.6. The third-order valence-corrected chi connectivity index (χ3v) is 4.20. The van der Waals surface area contributed by atoms with Crippen molar-refractivity contribution in [3.05, 3.63) is 0 Å². The average Bonchev–Trinajstić information content (AvgIpc) is 2.48. The van der Waals surface area contributed by atoms with Gasteiger partial charge in [-0.15, -0.1) is 0 Å². The monoisotopic (exact) mass is 313 g/mol. The van der Waals surface area contributed by atoms with Crippen molar-refractivity contribution in [3.63, 3.8) is 0 Å². The molecular formula is C18H35NO3. The van der Waals surface area contributed by atoms with Crippen LogP contribution in [0.2, 0.25) is 0 Å². The largest absolute Gasteiger partial charge is 0.380 e. The van der Waals surface area contributed by atoms with E-state index in [2.05, 4.69) is 18.7 Å². The van der Waals surface area contributed by atoms with Crippen molar-refractivity contribution in [1.29, 1.82) is 0 Å². The van der Waals surface area contributed by atoms with E-state index < -0.39 is 0 Å². The summed E-state index contributed by atoms with van der Waals surface area (Å²) in [7, 11) is 0. The zero-order valence-electron chi connectivity index (χ0n) is 15.0. The van der Waals surface area contributed by atoms with E-state index in [-0.39, 0.29) is 12.0 Å². The van der Waals surface area contributed by atoms with Crippen LogP contribution in [-0.4, -0.2) is 56.2 Å². The number of Topliss-reactive ketones (excluding diaryl/α,β-unsaturated/α-hetero) is 1. The van der Waals surface area contributed by atoms with Crippen LogP contribution in [0.4, 0.5) is 0 Å². The van der Waals surface area contributed by atoms with Gasteiger partial charge >= 0.3 is 0 Å². The molecule has 22 heavy (non-hydrogen) atoms. The molecule has 0 saturated carbocycles. The third-order valence-electron chi connectivity index (χ3n) is 4.20. The zero-order chi connectivity index (χ0) is 16.4. The first-order valence-electron chi connectivity index (χ1n) is 8.93. The summed E-state index contributed by atoms with van der Waals surface area (Å²) in [5.41, 5.74) is 0. The molecule has 1 aliphatic heterocycles. The number of hydrogen-bond donors (Lipinski definition) is 0. The van der Waals surface area contributed by atoms with Crippen LogP contribution in [0.5, 0.6) is 0 Å². The molecule has 1 rings (SSSR count). The maximum atomic E-state index is 11.7. The average molecular weight is 313 g/mol. The van der Waals surface area contributed by atoms with Crippen molar-refractivity contribution >= 4 is 5.78 Å². The maximum absolute atomic E-state index is 11.7. The highest BCUT2D eigenvalue weighted by Gasteiger charge is 2.21. The molecule has 0 radical (unpaired) electrons. The molecule has 0 aromatic carbocycles. The summed E-state index contributed by atoms with van der Waals surface area (Å²) in [6, 6.07) is 0. The second-order valence-corrected chi connectivity index (χ2v) is 7.10. The van der Waals surface area contributed by atoms with Crippen LogP contribution in [0.25, 0.3) is 0 Å². The summed E-state index contributed by atoms with van der Waals surface area (Å²) in [5, 5.41) is 0. The van der Waals surface area contributed by atoms with Gasteiger partial charge in [0, 0.05) is 38.6 Å². The second kappa shape index (κ2) is 11.1. The summed E-state index contributed by atoms with van der Waals surface area (Å²) >= 11 is 0. The van der Waals surface area contributed by atoms with Gasteiger partial charge in [0.25, 0.3) is 0 Å². The Bertz CT molecular complexity index is 305. The van der Waals surface area contributed by atoms with Crippen molar-refractivity contribution < 1.29 is 14.3 Å². The minimum atomic E-state index is 0.138. The Labute approximate surface area is 136 Å². The van der Waals surface area contributed by atoms with Gasteiger partial charge < -0.3 is 9.47 Å². The van der Waals surface area contributed by atoms with Gasteiger partial charge in [-0.3, -0.25) is 9.69 Å². The Balaban J connectivity index is 2.09. The van der Waals surface area contributed by atoms with Crippen molar-refractivity contribution in [2.45, 2.75) is 59.5 Å². The van der Waals surface area contributed by atoms with E-state index in [1.54, 1.807) is 0 Å². The number of hydrogen-bond acceptors (Lipinski definition) is 4. The fraction of sp³-hybridized carbons (Fsp3) is 0.944. The summed E-state index contributed by atoms with van der Waals surface area (Å²) < 4.78 is 11.5. The number of carbonyl (C=O) groups is 1. The summed E-state index contributed by atoms with van der Waals surface area (Å²) in [6.45, 7) is 13.7. The maximum Gasteiger partial charge on any atom is 0.135 e. The standard InChI is InChI=1S/C18H35NO3/c1-15(2)6-5-11-21-12-9-19-10-13-22-17(14-19)7-8-18(20)16(3)4/h15-17H,5-14H2,1-4H3. The number of ether oxygens (including phenoxy) is 2. The van der Waals surface area contributed by atoms with E-state index in [1.165, 1.54) is 6.42 Å². The van der Waals surface area contributed by atoms with E-state index in [0.717, 1.165) is 58.2 Å². The van der Waals surface area contributed by atoms with Crippen molar-refractivity contribution in [2.75, 3.05) is 39.5 Å². The fourth-order valence-electron chi connectivity index (χ4n) is 2.64. The molecule has 4 nitrogen and oxygen atoms in total. The molecule has 0 spiro atoms. The fourth-order valence-corrected chi connectivity index (χ4v) is 2.64. The molecule has 0 amide bonds. The number of nitrogens with zero attached hydrogens (tertiary/aromatic N) is 1. The molecule has 1 saturated heterocycles. The quantitative estimate of drug-likeness (QED) is 0.549. The predicted molar refractivity (Wildman–Crippen MR) is 90.2 cm³/mol.